The number of fused-ring (bicyclic) bond motifs is 1. The van der Waals surface area contributed by atoms with E-state index in [0.717, 1.165) is 44.5 Å². The number of piperidine rings is 1. The minimum atomic E-state index is -0.200. The van der Waals surface area contributed by atoms with E-state index in [-0.39, 0.29) is 17.9 Å². The van der Waals surface area contributed by atoms with Gasteiger partial charge in [0, 0.05) is 18.6 Å². The Hall–Kier alpha value is -2.54. The normalized spacial score (nSPS) is 19.5. The van der Waals surface area contributed by atoms with Crippen LogP contribution in [0.15, 0.2) is 54.6 Å². The fraction of sp³-hybridized carbons (Fsp3) is 0.440. The zero-order chi connectivity index (χ0) is 21.8. The summed E-state index contributed by atoms with van der Waals surface area (Å²) in [5.41, 5.74) is 7.83. The van der Waals surface area contributed by atoms with Crippen LogP contribution in [-0.2, 0) is 0 Å². The number of nitrogens with two attached hydrogens (primary N) is 1. The molecule has 0 saturated carbocycles. The molecule has 2 atom stereocenters. The van der Waals surface area contributed by atoms with E-state index in [2.05, 4.69) is 29.3 Å². The fourth-order valence-electron chi connectivity index (χ4n) is 4.74. The minimum absolute atomic E-state index is 0.0959. The van der Waals surface area contributed by atoms with E-state index in [1.165, 1.54) is 4.90 Å². The van der Waals surface area contributed by atoms with Crippen LogP contribution in [0.25, 0.3) is 0 Å². The Balaban J connectivity index is 1.46. The Morgan fingerprint density at radius 3 is 2.13 bits per heavy atom. The SMILES string of the molecule is CC(CCN)N1CCC(N[C@@H](CN2C(=O)c3ccccc3C2=O)c2ccccc2)CC1. The number of nitrogens with one attached hydrogen (secondary N) is 1. The molecule has 1 unspecified atom stereocenters. The molecule has 164 valence electrons. The van der Waals surface area contributed by atoms with E-state index in [9.17, 15) is 9.59 Å². The van der Waals surface area contributed by atoms with Crippen molar-refractivity contribution < 1.29 is 9.59 Å². The summed E-state index contributed by atoms with van der Waals surface area (Å²) >= 11 is 0. The van der Waals surface area contributed by atoms with Crippen LogP contribution >= 0.6 is 0 Å². The maximum absolute atomic E-state index is 12.9. The number of likely N-dealkylation sites (tertiary alicyclic amines) is 1. The largest absolute Gasteiger partial charge is 0.330 e. The number of carbonyl (C=O) groups is 2. The van der Waals surface area contributed by atoms with E-state index < -0.39 is 0 Å². The van der Waals surface area contributed by atoms with Crippen LogP contribution in [0.3, 0.4) is 0 Å². The van der Waals surface area contributed by atoms with E-state index >= 15 is 0 Å². The lowest BCUT2D eigenvalue weighted by molar-refractivity contribution is 0.0630. The standard InChI is InChI=1S/C25H32N4O2/c1-18(11-14-26)28-15-12-20(13-16-28)27-23(19-7-3-2-4-8-19)17-29-24(30)21-9-5-6-10-22(21)25(29)31/h2-10,18,20,23,27H,11-17,26H2,1H3/t18?,23-/m0/s1. The molecule has 0 aliphatic carbocycles. The molecular formula is C25H32N4O2. The lowest BCUT2D eigenvalue weighted by atomic mass is 9.99. The third kappa shape index (κ3) is 4.71. The summed E-state index contributed by atoms with van der Waals surface area (Å²) in [6, 6.07) is 18.0. The van der Waals surface area contributed by atoms with E-state index in [0.29, 0.717) is 29.8 Å². The molecule has 0 radical (unpaired) electrons. The maximum atomic E-state index is 12.9. The van der Waals surface area contributed by atoms with Crippen LogP contribution in [0.4, 0.5) is 0 Å². The predicted molar refractivity (Wildman–Crippen MR) is 122 cm³/mol. The number of nitrogens with zero attached hydrogens (tertiary/aromatic N) is 2. The number of hydrogen-bond donors (Lipinski definition) is 2. The number of hydrogen-bond acceptors (Lipinski definition) is 5. The highest BCUT2D eigenvalue weighted by molar-refractivity contribution is 6.21. The molecule has 0 aromatic heterocycles. The molecule has 3 N–H and O–H groups in total. The Labute approximate surface area is 184 Å². The van der Waals surface area contributed by atoms with Gasteiger partial charge < -0.3 is 16.0 Å². The molecule has 31 heavy (non-hydrogen) atoms. The van der Waals surface area contributed by atoms with Crippen molar-refractivity contribution in [1.29, 1.82) is 0 Å². The van der Waals surface area contributed by atoms with Crippen LogP contribution in [-0.4, -0.2) is 59.9 Å². The second kappa shape index (κ2) is 9.73. The lowest BCUT2D eigenvalue weighted by Gasteiger charge is -2.38. The van der Waals surface area contributed by atoms with E-state index in [1.54, 1.807) is 24.3 Å². The van der Waals surface area contributed by atoms with E-state index in [1.807, 2.05) is 18.2 Å². The molecule has 4 rings (SSSR count). The fourth-order valence-corrected chi connectivity index (χ4v) is 4.74. The van der Waals surface area contributed by atoms with Crippen molar-refractivity contribution in [3.8, 4) is 0 Å². The van der Waals surface area contributed by atoms with Crippen molar-refractivity contribution in [2.45, 2.75) is 44.3 Å². The summed E-state index contributed by atoms with van der Waals surface area (Å²) in [5, 5.41) is 3.76. The Bertz CT molecular complexity index is 874. The zero-order valence-corrected chi connectivity index (χ0v) is 18.2. The number of imide groups is 1. The maximum Gasteiger partial charge on any atom is 0.261 e. The van der Waals surface area contributed by atoms with Crippen LogP contribution < -0.4 is 11.1 Å². The average Bonchev–Trinajstić information content (AvgIpc) is 3.05. The van der Waals surface area contributed by atoms with Gasteiger partial charge >= 0.3 is 0 Å². The monoisotopic (exact) mass is 420 g/mol. The molecule has 2 amide bonds. The van der Waals surface area contributed by atoms with Gasteiger partial charge in [0.25, 0.3) is 11.8 Å². The van der Waals surface area contributed by atoms with Gasteiger partial charge in [-0.3, -0.25) is 14.5 Å². The van der Waals surface area contributed by atoms with Gasteiger partial charge in [0.15, 0.2) is 0 Å². The van der Waals surface area contributed by atoms with Crippen molar-refractivity contribution in [2.75, 3.05) is 26.2 Å². The summed E-state index contributed by atoms with van der Waals surface area (Å²) < 4.78 is 0. The summed E-state index contributed by atoms with van der Waals surface area (Å²) in [6.07, 6.45) is 3.10. The highest BCUT2D eigenvalue weighted by Crippen LogP contribution is 2.26. The van der Waals surface area contributed by atoms with Gasteiger partial charge in [0.1, 0.15) is 0 Å². The molecule has 2 aliphatic rings. The zero-order valence-electron chi connectivity index (χ0n) is 18.2. The van der Waals surface area contributed by atoms with Gasteiger partial charge in [-0.25, -0.2) is 0 Å². The van der Waals surface area contributed by atoms with Gasteiger partial charge in [0.2, 0.25) is 0 Å². The molecule has 6 heteroatoms. The Morgan fingerprint density at radius 1 is 0.968 bits per heavy atom. The lowest BCUT2D eigenvalue weighted by Crippen LogP contribution is -2.49. The van der Waals surface area contributed by atoms with Crippen LogP contribution in [0.5, 0.6) is 0 Å². The smallest absolute Gasteiger partial charge is 0.261 e. The number of carbonyl (C=O) groups excluding carboxylic acids is 2. The van der Waals surface area contributed by atoms with Crippen molar-refractivity contribution in [1.82, 2.24) is 15.1 Å². The van der Waals surface area contributed by atoms with Crippen molar-refractivity contribution in [3.05, 3.63) is 71.3 Å². The summed E-state index contributed by atoms with van der Waals surface area (Å²) in [6.45, 7) is 5.37. The van der Waals surface area contributed by atoms with Crippen LogP contribution in [0.2, 0.25) is 0 Å². The topological polar surface area (TPSA) is 78.7 Å². The summed E-state index contributed by atoms with van der Waals surface area (Å²) in [7, 11) is 0. The first kappa shape index (κ1) is 21.7. The molecule has 6 nitrogen and oxygen atoms in total. The molecule has 2 aromatic rings. The Kier molecular flexibility index (Phi) is 6.80. The number of benzene rings is 2. The first-order valence-electron chi connectivity index (χ1n) is 11.3. The van der Waals surface area contributed by atoms with Crippen LogP contribution in [0, 0.1) is 0 Å². The van der Waals surface area contributed by atoms with Crippen LogP contribution in [0.1, 0.15) is 58.5 Å². The van der Waals surface area contributed by atoms with E-state index in [4.69, 9.17) is 5.73 Å². The quantitative estimate of drug-likeness (QED) is 0.642. The second-order valence-corrected chi connectivity index (χ2v) is 8.63. The molecule has 1 saturated heterocycles. The highest BCUT2D eigenvalue weighted by Gasteiger charge is 2.37. The first-order valence-corrected chi connectivity index (χ1v) is 11.3. The molecule has 2 heterocycles. The highest BCUT2D eigenvalue weighted by atomic mass is 16.2. The molecule has 0 spiro atoms. The predicted octanol–water partition coefficient (Wildman–Crippen LogP) is 2.82. The van der Waals surface area contributed by atoms with Gasteiger partial charge in [0.05, 0.1) is 17.2 Å². The second-order valence-electron chi connectivity index (χ2n) is 8.63. The molecule has 2 aromatic carbocycles. The van der Waals surface area contributed by atoms with Gasteiger partial charge in [-0.1, -0.05) is 42.5 Å². The number of rotatable bonds is 8. The molecule has 2 aliphatic heterocycles. The van der Waals surface area contributed by atoms with Gasteiger partial charge in [-0.05, 0) is 63.5 Å². The van der Waals surface area contributed by atoms with Gasteiger partial charge in [-0.15, -0.1) is 0 Å². The third-order valence-electron chi connectivity index (χ3n) is 6.62. The minimum Gasteiger partial charge on any atom is -0.330 e. The molecular weight excluding hydrogens is 388 g/mol. The molecule has 0 bridgehead atoms. The van der Waals surface area contributed by atoms with Crippen molar-refractivity contribution in [3.63, 3.8) is 0 Å². The Morgan fingerprint density at radius 2 is 1.55 bits per heavy atom. The van der Waals surface area contributed by atoms with Crippen molar-refractivity contribution >= 4 is 11.8 Å². The summed E-state index contributed by atoms with van der Waals surface area (Å²) in [5.74, 6) is -0.400. The molecule has 1 fully saturated rings. The summed E-state index contributed by atoms with van der Waals surface area (Å²) in [4.78, 5) is 29.7. The van der Waals surface area contributed by atoms with Crippen molar-refractivity contribution in [2.24, 2.45) is 5.73 Å². The number of amides is 2. The average molecular weight is 421 g/mol. The third-order valence-corrected chi connectivity index (χ3v) is 6.62. The van der Waals surface area contributed by atoms with Gasteiger partial charge in [-0.2, -0.15) is 0 Å². The first-order chi connectivity index (χ1) is 15.1.